The minimum Gasteiger partial charge on any atom is -0.331 e. The van der Waals surface area contributed by atoms with Gasteiger partial charge in [-0.05, 0) is 6.42 Å². The Morgan fingerprint density at radius 3 is 2.60 bits per heavy atom. The summed E-state index contributed by atoms with van der Waals surface area (Å²) in [5, 5.41) is 3.46. The molecule has 0 saturated carbocycles. The van der Waals surface area contributed by atoms with E-state index in [1.54, 1.807) is 0 Å². The van der Waals surface area contributed by atoms with Crippen LogP contribution in [0.1, 0.15) is 6.42 Å². The smallest absolute Gasteiger partial charge is 0.265 e. The number of alkyl halides is 2. The third-order valence-electron chi connectivity index (χ3n) is 2.45. The molecule has 0 bridgehead atoms. The Balaban J connectivity index is 2.40. The molecule has 1 aliphatic heterocycles. The summed E-state index contributed by atoms with van der Waals surface area (Å²) < 4.78 is 37.8. The fourth-order valence-corrected chi connectivity index (χ4v) is 6.14. The molecule has 0 spiro atoms. The van der Waals surface area contributed by atoms with E-state index in [1.807, 2.05) is 0 Å². The summed E-state index contributed by atoms with van der Waals surface area (Å²) in [4.78, 5) is 0. The monoisotopic (exact) mass is 384 g/mol. The summed E-state index contributed by atoms with van der Waals surface area (Å²) in [5.74, 6) is 1.12. The predicted molar refractivity (Wildman–Crippen MR) is 86.3 cm³/mol. The maximum absolute atomic E-state index is 10.7. The van der Waals surface area contributed by atoms with Gasteiger partial charge >= 0.3 is 0 Å². The lowest BCUT2D eigenvalue weighted by Gasteiger charge is -2.36. The van der Waals surface area contributed by atoms with Gasteiger partial charge < -0.3 is 4.52 Å². The van der Waals surface area contributed by atoms with E-state index in [4.69, 9.17) is 32.3 Å². The quantitative estimate of drug-likeness (QED) is 0.357. The molecule has 1 rings (SSSR count). The number of rotatable bonds is 9. The highest BCUT2D eigenvalue weighted by molar-refractivity contribution is 8.00. The molecule has 1 heterocycles. The fraction of sp³-hybridized carbons (Fsp3) is 1.00. The molecule has 2 unspecified atom stereocenters. The van der Waals surface area contributed by atoms with Gasteiger partial charge in [0.25, 0.3) is 10.1 Å². The van der Waals surface area contributed by atoms with Crippen LogP contribution >= 0.6 is 43.4 Å². The van der Waals surface area contributed by atoms with Crippen molar-refractivity contribution >= 4 is 53.5 Å². The van der Waals surface area contributed by atoms with Crippen LogP contribution in [-0.2, 0) is 14.6 Å². The van der Waals surface area contributed by atoms with Crippen LogP contribution in [0.3, 0.4) is 0 Å². The van der Waals surface area contributed by atoms with Crippen LogP contribution in [0.2, 0.25) is 0 Å². The van der Waals surface area contributed by atoms with Crippen molar-refractivity contribution in [2.75, 3.05) is 43.0 Å². The molecule has 0 aromatic heterocycles. The second-order valence-corrected chi connectivity index (χ2v) is 9.27. The first kappa shape index (κ1) is 19.2. The van der Waals surface area contributed by atoms with E-state index in [0.717, 1.165) is 6.42 Å². The summed E-state index contributed by atoms with van der Waals surface area (Å²) in [5.41, 5.74) is 0. The van der Waals surface area contributed by atoms with E-state index in [1.165, 1.54) is 11.8 Å². The maximum Gasteiger partial charge on any atom is 0.265 e. The Morgan fingerprint density at radius 1 is 1.40 bits per heavy atom. The normalized spacial score (nSPS) is 24.2. The number of hydrogen-bond donors (Lipinski definition) is 2. The minimum absolute atomic E-state index is 0.116. The molecule has 120 valence electrons. The highest BCUT2D eigenvalue weighted by Gasteiger charge is 2.27. The molecular weight excluding hydrogens is 366 g/mol. The molecule has 6 nitrogen and oxygen atoms in total. The van der Waals surface area contributed by atoms with Gasteiger partial charge in [-0.1, -0.05) is 0 Å². The molecule has 0 aromatic rings. The number of halogens is 2. The van der Waals surface area contributed by atoms with E-state index in [2.05, 4.69) is 9.76 Å². The average molecular weight is 385 g/mol. The van der Waals surface area contributed by atoms with Crippen LogP contribution in [-0.4, -0.2) is 66.0 Å². The summed E-state index contributed by atoms with van der Waals surface area (Å²) in [6.07, 6.45) is 0.796. The largest absolute Gasteiger partial charge is 0.331 e. The highest BCUT2D eigenvalue weighted by atomic mass is 35.5. The molecule has 11 heteroatoms. The predicted octanol–water partition coefficient (Wildman–Crippen LogP) is 1.95. The van der Waals surface area contributed by atoms with E-state index in [9.17, 15) is 8.42 Å². The fourth-order valence-electron chi connectivity index (χ4n) is 1.54. The minimum atomic E-state index is -3.89. The number of hydrogen-bond acceptors (Lipinski definition) is 6. The topological polar surface area (TPSA) is 78.9 Å². The Labute approximate surface area is 135 Å². The Hall–Kier alpha value is 1.15. The zero-order chi connectivity index (χ0) is 15.0. The summed E-state index contributed by atoms with van der Waals surface area (Å²) >= 11 is 13.0. The zero-order valence-corrected chi connectivity index (χ0v) is 14.9. The third kappa shape index (κ3) is 7.96. The van der Waals surface area contributed by atoms with Gasteiger partial charge in [0, 0.05) is 30.6 Å². The average Bonchev–Trinajstić information content (AvgIpc) is 2.37. The van der Waals surface area contributed by atoms with Crippen LogP contribution in [0, 0.1) is 0 Å². The first-order valence-electron chi connectivity index (χ1n) is 6.09. The molecular formula is C9H19Cl2N2O4PS2. The summed E-state index contributed by atoms with van der Waals surface area (Å²) in [6, 6.07) is 0. The van der Waals surface area contributed by atoms with Crippen molar-refractivity contribution in [1.82, 2.24) is 9.76 Å². The van der Waals surface area contributed by atoms with Crippen molar-refractivity contribution in [3.05, 3.63) is 0 Å². The number of nitrogens with one attached hydrogen (secondary N) is 1. The van der Waals surface area contributed by atoms with Crippen molar-refractivity contribution in [2.24, 2.45) is 0 Å². The number of nitrogens with zero attached hydrogens (tertiary/aromatic N) is 1. The van der Waals surface area contributed by atoms with E-state index >= 15 is 0 Å². The first-order valence-corrected chi connectivity index (χ1v) is 11.0. The molecule has 1 fully saturated rings. The van der Waals surface area contributed by atoms with E-state index < -0.39 is 18.6 Å². The van der Waals surface area contributed by atoms with Crippen LogP contribution in [0.15, 0.2) is 0 Å². The Kier molecular flexibility index (Phi) is 9.62. The van der Waals surface area contributed by atoms with Crippen molar-refractivity contribution in [3.8, 4) is 0 Å². The van der Waals surface area contributed by atoms with Gasteiger partial charge in [0.2, 0.25) is 0 Å². The lowest BCUT2D eigenvalue weighted by Crippen LogP contribution is -2.37. The van der Waals surface area contributed by atoms with Crippen LogP contribution in [0.25, 0.3) is 0 Å². The molecule has 1 saturated heterocycles. The second-order valence-electron chi connectivity index (χ2n) is 4.00. The summed E-state index contributed by atoms with van der Waals surface area (Å²) in [7, 11) is -4.84. The zero-order valence-electron chi connectivity index (χ0n) is 10.9. The number of thioether (sulfide) groups is 1. The van der Waals surface area contributed by atoms with Gasteiger partial charge in [-0.3, -0.25) is 4.55 Å². The van der Waals surface area contributed by atoms with Crippen LogP contribution in [0.4, 0.5) is 0 Å². The molecule has 2 N–H and O–H groups in total. The molecule has 0 aliphatic carbocycles. The van der Waals surface area contributed by atoms with Crippen molar-refractivity contribution < 1.29 is 17.5 Å². The molecule has 2 atom stereocenters. The Bertz CT molecular complexity index is 371. The molecule has 0 aromatic carbocycles. The molecule has 20 heavy (non-hydrogen) atoms. The molecule has 0 radical (unpaired) electrons. The molecule has 1 aliphatic rings. The van der Waals surface area contributed by atoms with Gasteiger partial charge in [-0.15, -0.1) is 35.0 Å². The first-order chi connectivity index (χ1) is 9.46. The highest BCUT2D eigenvalue weighted by Crippen LogP contribution is 2.42. The van der Waals surface area contributed by atoms with Gasteiger partial charge in [0.1, 0.15) is 0 Å². The van der Waals surface area contributed by atoms with E-state index in [-0.39, 0.29) is 11.1 Å². The maximum atomic E-state index is 10.7. The lowest BCUT2D eigenvalue weighted by atomic mass is 10.5. The van der Waals surface area contributed by atoms with Crippen LogP contribution in [0.5, 0.6) is 0 Å². The van der Waals surface area contributed by atoms with E-state index in [0.29, 0.717) is 37.2 Å². The van der Waals surface area contributed by atoms with Crippen molar-refractivity contribution in [1.29, 1.82) is 0 Å². The van der Waals surface area contributed by atoms with Gasteiger partial charge in [-0.2, -0.15) is 8.42 Å². The van der Waals surface area contributed by atoms with Crippen molar-refractivity contribution in [3.63, 3.8) is 0 Å². The van der Waals surface area contributed by atoms with Gasteiger partial charge in [0.05, 0.1) is 17.7 Å². The van der Waals surface area contributed by atoms with Crippen LogP contribution < -0.4 is 5.09 Å². The standard InChI is InChI=1S/C9H19Cl2N2O4PS2/c10-2-4-13(5-3-11)18-12-9(1-6-17-18)19-7-8-20(14,15)16/h9,12H,1-8H2,(H,14,15,16). The van der Waals surface area contributed by atoms with Gasteiger partial charge in [-0.25, -0.2) is 9.76 Å². The molecule has 0 amide bonds. The second kappa shape index (κ2) is 10.0. The third-order valence-corrected chi connectivity index (χ3v) is 7.01. The lowest BCUT2D eigenvalue weighted by molar-refractivity contribution is 0.272. The Morgan fingerprint density at radius 2 is 2.05 bits per heavy atom. The SMILES string of the molecule is O=S(=O)(O)CCSC1CCOP(N(CCCl)CCCl)N1. The summed E-state index contributed by atoms with van der Waals surface area (Å²) in [6.45, 7) is 1.99. The van der Waals surface area contributed by atoms with Crippen molar-refractivity contribution in [2.45, 2.75) is 11.8 Å². The van der Waals surface area contributed by atoms with Gasteiger partial charge in [0.15, 0.2) is 8.45 Å².